The summed E-state index contributed by atoms with van der Waals surface area (Å²) in [6.45, 7) is 5.84. The first kappa shape index (κ1) is 21.2. The van der Waals surface area contributed by atoms with Crippen molar-refractivity contribution in [2.24, 2.45) is 0 Å². The standard InChI is InChI=1S/C16H21N3O7/c1-3-25-10-26-9-13(8-11(2)15(20)18-22)17-16(21)12-4-6-14(7-5-12)19(23)24/h4-7,13,22H,2-3,8-10H2,1H3,(H,17,21)(H,18,20). The van der Waals surface area contributed by atoms with Gasteiger partial charge >= 0.3 is 0 Å². The molecule has 0 aliphatic rings. The Bertz CT molecular complexity index is 646. The van der Waals surface area contributed by atoms with Gasteiger partial charge in [0.15, 0.2) is 0 Å². The highest BCUT2D eigenvalue weighted by atomic mass is 16.7. The predicted molar refractivity (Wildman–Crippen MR) is 90.5 cm³/mol. The first-order valence-corrected chi connectivity index (χ1v) is 7.72. The second kappa shape index (κ2) is 10.9. The van der Waals surface area contributed by atoms with Crippen LogP contribution in [0.2, 0.25) is 0 Å². The number of nitrogens with zero attached hydrogens (tertiary/aromatic N) is 1. The van der Waals surface area contributed by atoms with Crippen molar-refractivity contribution >= 4 is 17.5 Å². The minimum Gasteiger partial charge on any atom is -0.356 e. The summed E-state index contributed by atoms with van der Waals surface area (Å²) in [7, 11) is 0. The van der Waals surface area contributed by atoms with E-state index in [-0.39, 0.29) is 36.6 Å². The molecule has 0 radical (unpaired) electrons. The summed E-state index contributed by atoms with van der Waals surface area (Å²) >= 11 is 0. The summed E-state index contributed by atoms with van der Waals surface area (Å²) < 4.78 is 10.3. The highest BCUT2D eigenvalue weighted by molar-refractivity contribution is 5.95. The lowest BCUT2D eigenvalue weighted by atomic mass is 10.1. The summed E-state index contributed by atoms with van der Waals surface area (Å²) in [5.41, 5.74) is 1.59. The molecule has 0 saturated carbocycles. The van der Waals surface area contributed by atoms with Crippen LogP contribution in [-0.4, -0.2) is 48.0 Å². The van der Waals surface area contributed by atoms with E-state index in [0.29, 0.717) is 6.61 Å². The van der Waals surface area contributed by atoms with Crippen LogP contribution in [0.25, 0.3) is 0 Å². The lowest BCUT2D eigenvalue weighted by Gasteiger charge is -2.19. The fourth-order valence-corrected chi connectivity index (χ4v) is 1.96. The fraction of sp³-hybridized carbons (Fsp3) is 0.375. The van der Waals surface area contributed by atoms with Crippen LogP contribution in [0.5, 0.6) is 0 Å². The van der Waals surface area contributed by atoms with Gasteiger partial charge in [-0.1, -0.05) is 6.58 Å². The van der Waals surface area contributed by atoms with Crippen LogP contribution < -0.4 is 10.8 Å². The van der Waals surface area contributed by atoms with Gasteiger partial charge in [0.1, 0.15) is 6.79 Å². The van der Waals surface area contributed by atoms with Gasteiger partial charge in [-0.25, -0.2) is 5.48 Å². The quantitative estimate of drug-likeness (QED) is 0.133. The van der Waals surface area contributed by atoms with Crippen LogP contribution in [0.4, 0.5) is 5.69 Å². The Labute approximate surface area is 149 Å². The van der Waals surface area contributed by atoms with E-state index in [1.54, 1.807) is 6.92 Å². The lowest BCUT2D eigenvalue weighted by Crippen LogP contribution is -2.40. The van der Waals surface area contributed by atoms with Crippen molar-refractivity contribution in [2.75, 3.05) is 20.0 Å². The number of benzene rings is 1. The first-order chi connectivity index (χ1) is 12.4. The molecule has 1 rings (SSSR count). The maximum absolute atomic E-state index is 12.3. The zero-order chi connectivity index (χ0) is 19.5. The van der Waals surface area contributed by atoms with E-state index in [0.717, 1.165) is 0 Å². The molecule has 0 heterocycles. The molecule has 3 N–H and O–H groups in total. The van der Waals surface area contributed by atoms with Crippen molar-refractivity contribution in [1.82, 2.24) is 10.8 Å². The average molecular weight is 367 g/mol. The van der Waals surface area contributed by atoms with Crippen LogP contribution in [0, 0.1) is 10.1 Å². The van der Waals surface area contributed by atoms with Gasteiger partial charge in [0, 0.05) is 29.9 Å². The van der Waals surface area contributed by atoms with Crippen molar-refractivity contribution in [2.45, 2.75) is 19.4 Å². The van der Waals surface area contributed by atoms with Crippen LogP contribution in [0.15, 0.2) is 36.4 Å². The Morgan fingerprint density at radius 2 is 1.96 bits per heavy atom. The monoisotopic (exact) mass is 367 g/mol. The second-order valence-corrected chi connectivity index (χ2v) is 5.20. The maximum atomic E-state index is 12.3. The van der Waals surface area contributed by atoms with E-state index < -0.39 is 22.8 Å². The molecule has 1 unspecified atom stereocenters. The highest BCUT2D eigenvalue weighted by Crippen LogP contribution is 2.13. The van der Waals surface area contributed by atoms with Crippen LogP contribution in [0.1, 0.15) is 23.7 Å². The molecule has 0 bridgehead atoms. The molecule has 0 aliphatic carbocycles. The molecular formula is C16H21N3O7. The van der Waals surface area contributed by atoms with Gasteiger partial charge in [0.2, 0.25) is 0 Å². The molecule has 0 aliphatic heterocycles. The number of nitro groups is 1. The molecule has 0 fully saturated rings. The maximum Gasteiger partial charge on any atom is 0.270 e. The Hall–Kier alpha value is -2.82. The number of nitro benzene ring substituents is 1. The van der Waals surface area contributed by atoms with E-state index in [9.17, 15) is 19.7 Å². The van der Waals surface area contributed by atoms with Gasteiger partial charge in [-0.2, -0.15) is 0 Å². The molecule has 1 aromatic carbocycles. The molecule has 142 valence electrons. The van der Waals surface area contributed by atoms with Gasteiger partial charge in [-0.3, -0.25) is 24.9 Å². The normalized spacial score (nSPS) is 11.5. The number of ether oxygens (including phenoxy) is 2. The number of non-ortho nitro benzene ring substituents is 1. The third-order valence-corrected chi connectivity index (χ3v) is 3.28. The predicted octanol–water partition coefficient (Wildman–Crippen LogP) is 1.16. The van der Waals surface area contributed by atoms with E-state index in [4.69, 9.17) is 14.7 Å². The van der Waals surface area contributed by atoms with Gasteiger partial charge in [0.05, 0.1) is 17.6 Å². The topological polar surface area (TPSA) is 140 Å². The highest BCUT2D eigenvalue weighted by Gasteiger charge is 2.19. The van der Waals surface area contributed by atoms with Crippen LogP contribution in [-0.2, 0) is 14.3 Å². The van der Waals surface area contributed by atoms with Crippen molar-refractivity contribution in [3.8, 4) is 0 Å². The third-order valence-electron chi connectivity index (χ3n) is 3.28. The SMILES string of the molecule is C=C(CC(COCOCC)NC(=O)c1ccc([N+](=O)[O-])cc1)C(=O)NO. The number of hydrogen-bond donors (Lipinski definition) is 3. The number of hydrogen-bond acceptors (Lipinski definition) is 7. The minimum absolute atomic E-state index is 0.0130. The molecule has 26 heavy (non-hydrogen) atoms. The number of amides is 2. The zero-order valence-corrected chi connectivity index (χ0v) is 14.3. The molecule has 2 amide bonds. The number of hydroxylamine groups is 1. The molecular weight excluding hydrogens is 346 g/mol. The Morgan fingerprint density at radius 1 is 1.31 bits per heavy atom. The summed E-state index contributed by atoms with van der Waals surface area (Å²) in [5.74, 6) is -1.27. The van der Waals surface area contributed by atoms with Gasteiger partial charge in [0.25, 0.3) is 17.5 Å². The summed E-state index contributed by atoms with van der Waals surface area (Å²) in [5, 5.41) is 22.0. The zero-order valence-electron chi connectivity index (χ0n) is 14.3. The van der Waals surface area contributed by atoms with Crippen LogP contribution in [0.3, 0.4) is 0 Å². The summed E-state index contributed by atoms with van der Waals surface area (Å²) in [6, 6.07) is 4.45. The Balaban J connectivity index is 2.74. The van der Waals surface area contributed by atoms with Crippen LogP contribution >= 0.6 is 0 Å². The lowest BCUT2D eigenvalue weighted by molar-refractivity contribution is -0.384. The largest absolute Gasteiger partial charge is 0.356 e. The number of carbonyl (C=O) groups excluding carboxylic acids is 2. The van der Waals surface area contributed by atoms with Crippen molar-refractivity contribution in [3.05, 3.63) is 52.1 Å². The molecule has 0 aromatic heterocycles. The minimum atomic E-state index is -0.774. The molecule has 1 aromatic rings. The van der Waals surface area contributed by atoms with E-state index in [1.807, 2.05) is 0 Å². The molecule has 1 atom stereocenters. The average Bonchev–Trinajstić information content (AvgIpc) is 2.64. The number of rotatable bonds is 11. The van der Waals surface area contributed by atoms with E-state index in [2.05, 4.69) is 11.9 Å². The summed E-state index contributed by atoms with van der Waals surface area (Å²) in [4.78, 5) is 33.8. The van der Waals surface area contributed by atoms with Crippen molar-refractivity contribution in [3.63, 3.8) is 0 Å². The first-order valence-electron chi connectivity index (χ1n) is 7.72. The molecule has 10 nitrogen and oxygen atoms in total. The Morgan fingerprint density at radius 3 is 2.50 bits per heavy atom. The Kier molecular flexibility index (Phi) is 8.92. The van der Waals surface area contributed by atoms with Gasteiger partial charge < -0.3 is 14.8 Å². The third kappa shape index (κ3) is 6.97. The number of carbonyl (C=O) groups is 2. The van der Waals surface area contributed by atoms with Crippen molar-refractivity contribution < 1.29 is 29.2 Å². The molecule has 0 spiro atoms. The summed E-state index contributed by atoms with van der Waals surface area (Å²) in [6.07, 6.45) is 0.0250. The van der Waals surface area contributed by atoms with E-state index in [1.165, 1.54) is 29.7 Å². The van der Waals surface area contributed by atoms with Gasteiger partial charge in [-0.05, 0) is 25.5 Å². The van der Waals surface area contributed by atoms with E-state index >= 15 is 0 Å². The molecule has 10 heteroatoms. The smallest absolute Gasteiger partial charge is 0.270 e. The number of nitrogens with one attached hydrogen (secondary N) is 2. The second-order valence-electron chi connectivity index (χ2n) is 5.20. The van der Waals surface area contributed by atoms with Crippen molar-refractivity contribution in [1.29, 1.82) is 0 Å². The molecule has 0 saturated heterocycles. The van der Waals surface area contributed by atoms with Gasteiger partial charge in [-0.15, -0.1) is 0 Å². The fourth-order valence-electron chi connectivity index (χ4n) is 1.96.